The predicted molar refractivity (Wildman–Crippen MR) is 63.3 cm³/mol. The molecule has 0 radical (unpaired) electrons. The first kappa shape index (κ1) is 16.2. The average Bonchev–Trinajstić information content (AvgIpc) is 2.25. The molecule has 0 saturated heterocycles. The maximum Gasteiger partial charge on any atom is 0.417 e. The van der Waals surface area contributed by atoms with E-state index in [1.165, 1.54) is 6.92 Å². The van der Waals surface area contributed by atoms with Crippen LogP contribution in [0.3, 0.4) is 0 Å². The van der Waals surface area contributed by atoms with Gasteiger partial charge in [0.25, 0.3) is 0 Å². The zero-order valence-corrected chi connectivity index (χ0v) is 11.3. The second-order valence-electron chi connectivity index (χ2n) is 3.84. The Morgan fingerprint density at radius 2 is 2.00 bits per heavy atom. The Labute approximate surface area is 113 Å². The number of aliphatic hydroxyl groups is 1. The molecule has 0 aromatic heterocycles. The fourth-order valence-corrected chi connectivity index (χ4v) is 2.77. The summed E-state index contributed by atoms with van der Waals surface area (Å²) in [7, 11) is -4.37. The van der Waals surface area contributed by atoms with E-state index < -0.39 is 32.8 Å². The van der Waals surface area contributed by atoms with Gasteiger partial charge in [-0.05, 0) is 25.1 Å². The van der Waals surface area contributed by atoms with Crippen LogP contribution in [-0.2, 0) is 16.2 Å². The molecule has 108 valence electrons. The van der Waals surface area contributed by atoms with E-state index >= 15 is 0 Å². The lowest BCUT2D eigenvalue weighted by atomic mass is 10.2. The van der Waals surface area contributed by atoms with Crippen molar-refractivity contribution in [1.82, 2.24) is 4.72 Å². The molecular weight excluding hydrogens is 307 g/mol. The molecule has 1 atom stereocenters. The Morgan fingerprint density at radius 1 is 1.42 bits per heavy atom. The van der Waals surface area contributed by atoms with Crippen molar-refractivity contribution in [2.24, 2.45) is 0 Å². The fourth-order valence-electron chi connectivity index (χ4n) is 1.27. The van der Waals surface area contributed by atoms with E-state index in [1.807, 2.05) is 4.72 Å². The third-order valence-electron chi connectivity index (χ3n) is 2.11. The summed E-state index contributed by atoms with van der Waals surface area (Å²) in [6.07, 6.45) is -5.86. The molecule has 9 heteroatoms. The summed E-state index contributed by atoms with van der Waals surface area (Å²) in [5.41, 5.74) is -1.35. The van der Waals surface area contributed by atoms with E-state index in [2.05, 4.69) is 0 Å². The molecule has 1 rings (SSSR count). The van der Waals surface area contributed by atoms with Crippen LogP contribution in [0.25, 0.3) is 0 Å². The van der Waals surface area contributed by atoms with Crippen molar-refractivity contribution < 1.29 is 26.7 Å². The number of hydrogen-bond acceptors (Lipinski definition) is 3. The topological polar surface area (TPSA) is 66.4 Å². The molecule has 0 amide bonds. The minimum Gasteiger partial charge on any atom is -0.392 e. The molecule has 0 spiro atoms. The molecule has 1 aromatic rings. The van der Waals surface area contributed by atoms with Crippen molar-refractivity contribution in [1.29, 1.82) is 0 Å². The van der Waals surface area contributed by atoms with Gasteiger partial charge in [-0.1, -0.05) is 11.6 Å². The number of rotatable bonds is 4. The van der Waals surface area contributed by atoms with E-state index in [0.29, 0.717) is 6.07 Å². The quantitative estimate of drug-likeness (QED) is 0.893. The van der Waals surface area contributed by atoms with E-state index in [-0.39, 0.29) is 11.6 Å². The van der Waals surface area contributed by atoms with Gasteiger partial charge in [-0.3, -0.25) is 0 Å². The number of hydrogen-bond donors (Lipinski definition) is 2. The molecule has 2 N–H and O–H groups in total. The first-order chi connectivity index (χ1) is 8.54. The summed E-state index contributed by atoms with van der Waals surface area (Å²) in [4.78, 5) is -0.926. The van der Waals surface area contributed by atoms with Crippen molar-refractivity contribution >= 4 is 21.6 Å². The highest BCUT2D eigenvalue weighted by Crippen LogP contribution is 2.35. The fraction of sp³-hybridized carbons (Fsp3) is 0.400. The first-order valence-corrected chi connectivity index (χ1v) is 6.94. The van der Waals surface area contributed by atoms with Gasteiger partial charge >= 0.3 is 6.18 Å². The number of halogens is 4. The van der Waals surface area contributed by atoms with Crippen LogP contribution in [0.4, 0.5) is 13.2 Å². The molecule has 0 bridgehead atoms. The molecule has 0 aliphatic heterocycles. The third kappa shape index (κ3) is 4.34. The lowest BCUT2D eigenvalue weighted by molar-refractivity contribution is -0.139. The van der Waals surface area contributed by atoms with Crippen molar-refractivity contribution in [2.75, 3.05) is 6.54 Å². The molecule has 19 heavy (non-hydrogen) atoms. The predicted octanol–water partition coefficient (Wildman–Crippen LogP) is 2.02. The van der Waals surface area contributed by atoms with Gasteiger partial charge in [-0.15, -0.1) is 0 Å². The summed E-state index contributed by atoms with van der Waals surface area (Å²) in [6.45, 7) is 0.914. The van der Waals surface area contributed by atoms with Gasteiger partial charge in [0.1, 0.15) is 0 Å². The van der Waals surface area contributed by atoms with Gasteiger partial charge in [0, 0.05) is 11.6 Å². The van der Waals surface area contributed by atoms with Gasteiger partial charge in [-0.2, -0.15) is 13.2 Å². The summed E-state index contributed by atoms with van der Waals surface area (Å²) >= 11 is 5.45. The molecule has 0 aliphatic carbocycles. The zero-order chi connectivity index (χ0) is 14.8. The minimum absolute atomic E-state index is 0.221. The Hall–Kier alpha value is -0.830. The van der Waals surface area contributed by atoms with Crippen LogP contribution in [-0.4, -0.2) is 26.2 Å². The highest BCUT2D eigenvalue weighted by Gasteiger charge is 2.37. The SMILES string of the molecule is CC(O)CNS(=O)(=O)c1ccc(Cl)cc1C(F)(F)F. The summed E-state index contributed by atoms with van der Waals surface area (Å²) in [6, 6.07) is 2.36. The number of benzene rings is 1. The average molecular weight is 318 g/mol. The van der Waals surface area contributed by atoms with Gasteiger partial charge < -0.3 is 5.11 Å². The van der Waals surface area contributed by atoms with Crippen molar-refractivity contribution in [2.45, 2.75) is 24.1 Å². The van der Waals surface area contributed by atoms with Crippen LogP contribution >= 0.6 is 11.6 Å². The van der Waals surface area contributed by atoms with Crippen LogP contribution in [0.5, 0.6) is 0 Å². The van der Waals surface area contributed by atoms with Crippen LogP contribution in [0, 0.1) is 0 Å². The van der Waals surface area contributed by atoms with E-state index in [4.69, 9.17) is 16.7 Å². The molecular formula is C10H11ClF3NO3S. The normalized spacial score (nSPS) is 14.4. The zero-order valence-electron chi connectivity index (χ0n) is 9.70. The lowest BCUT2D eigenvalue weighted by Gasteiger charge is -2.14. The van der Waals surface area contributed by atoms with Crippen molar-refractivity contribution in [3.05, 3.63) is 28.8 Å². The summed E-state index contributed by atoms with van der Waals surface area (Å²) in [5, 5.41) is 8.75. The van der Waals surface area contributed by atoms with Gasteiger partial charge in [0.15, 0.2) is 0 Å². The number of aliphatic hydroxyl groups excluding tert-OH is 1. The highest BCUT2D eigenvalue weighted by molar-refractivity contribution is 7.89. The minimum atomic E-state index is -4.85. The molecule has 0 saturated carbocycles. The van der Waals surface area contributed by atoms with Crippen molar-refractivity contribution in [3.63, 3.8) is 0 Å². The van der Waals surface area contributed by atoms with Crippen LogP contribution in [0.15, 0.2) is 23.1 Å². The molecule has 0 aliphatic rings. The maximum atomic E-state index is 12.8. The Kier molecular flexibility index (Phi) is 4.83. The summed E-state index contributed by atoms with van der Waals surface area (Å²) < 4.78 is 63.7. The van der Waals surface area contributed by atoms with Gasteiger partial charge in [-0.25, -0.2) is 13.1 Å². The van der Waals surface area contributed by atoms with Gasteiger partial charge in [0.05, 0.1) is 16.6 Å². The number of nitrogens with one attached hydrogen (secondary N) is 1. The molecule has 1 aromatic carbocycles. The highest BCUT2D eigenvalue weighted by atomic mass is 35.5. The monoisotopic (exact) mass is 317 g/mol. The smallest absolute Gasteiger partial charge is 0.392 e. The molecule has 0 heterocycles. The molecule has 0 fully saturated rings. The van der Waals surface area contributed by atoms with Crippen molar-refractivity contribution in [3.8, 4) is 0 Å². The molecule has 4 nitrogen and oxygen atoms in total. The Morgan fingerprint density at radius 3 is 2.47 bits per heavy atom. The lowest BCUT2D eigenvalue weighted by Crippen LogP contribution is -2.32. The second kappa shape index (κ2) is 5.66. The number of sulfonamides is 1. The standard InChI is InChI=1S/C10H11ClF3NO3S/c1-6(16)5-15-19(17,18)9-3-2-7(11)4-8(9)10(12,13)14/h2-4,6,15-16H,5H2,1H3. The van der Waals surface area contributed by atoms with Gasteiger partial charge in [0.2, 0.25) is 10.0 Å². The maximum absolute atomic E-state index is 12.8. The van der Waals surface area contributed by atoms with E-state index in [1.54, 1.807) is 0 Å². The van der Waals surface area contributed by atoms with Crippen LogP contribution in [0.2, 0.25) is 5.02 Å². The van der Waals surface area contributed by atoms with E-state index in [9.17, 15) is 21.6 Å². The van der Waals surface area contributed by atoms with Crippen LogP contribution < -0.4 is 4.72 Å². The third-order valence-corrected chi connectivity index (χ3v) is 3.82. The Balaban J connectivity index is 3.27. The van der Waals surface area contributed by atoms with Crippen LogP contribution in [0.1, 0.15) is 12.5 Å². The molecule has 1 unspecified atom stereocenters. The Bertz CT molecular complexity index is 558. The van der Waals surface area contributed by atoms with E-state index in [0.717, 1.165) is 12.1 Å². The largest absolute Gasteiger partial charge is 0.417 e. The second-order valence-corrected chi connectivity index (χ2v) is 6.01. The summed E-state index contributed by atoms with van der Waals surface area (Å²) in [5.74, 6) is 0. The first-order valence-electron chi connectivity index (χ1n) is 5.08. The number of alkyl halides is 3.